The van der Waals surface area contributed by atoms with Crippen LogP contribution in [0.3, 0.4) is 0 Å². The number of nitrogens with one attached hydrogen (secondary N) is 1. The Labute approximate surface area is 338 Å². The van der Waals surface area contributed by atoms with Crippen LogP contribution in [0, 0.1) is 0 Å². The van der Waals surface area contributed by atoms with Crippen LogP contribution in [0.2, 0.25) is 0 Å². The minimum absolute atomic E-state index is 0.737. The number of carbonyl (C=O) groups is 2. The first-order valence-electron chi connectivity index (χ1n) is 18.6. The maximum Gasteiger partial charge on any atom is 0.335 e. The molecule has 5 fully saturated rings. The molecule has 0 bridgehead atoms. The number of carbonyl (C=O) groups excluding carboxylic acids is 1. The maximum atomic E-state index is 11.9. The van der Waals surface area contributed by atoms with Crippen LogP contribution in [0.5, 0.6) is 0 Å². The minimum Gasteiger partial charge on any atom is -0.479 e. The van der Waals surface area contributed by atoms with E-state index in [-0.39, 0.29) is 0 Å². The molecule has 1 amide bonds. The molecule has 0 unspecified atom stereocenters. The van der Waals surface area contributed by atoms with Crippen molar-refractivity contribution in [3.8, 4) is 0 Å². The van der Waals surface area contributed by atoms with Gasteiger partial charge < -0.3 is 130 Å². The Morgan fingerprint density at radius 2 is 0.950 bits per heavy atom. The number of amides is 1. The zero-order valence-corrected chi connectivity index (χ0v) is 31.4. The summed E-state index contributed by atoms with van der Waals surface area (Å²) in [6.45, 7) is -2.58. The van der Waals surface area contributed by atoms with Gasteiger partial charge in [-0.2, -0.15) is 0 Å². The third-order valence-corrected chi connectivity index (χ3v) is 10.7. The zero-order valence-electron chi connectivity index (χ0n) is 31.4. The molecule has 0 aromatic carbocycles. The number of hydrogen-bond donors (Lipinski definition) is 17. The van der Waals surface area contributed by atoms with Gasteiger partial charge >= 0.3 is 5.97 Å². The number of aliphatic hydroxyl groups is 15. The molecule has 5 heterocycles. The molecule has 28 heteroatoms. The largest absolute Gasteiger partial charge is 0.479 e. The number of rotatable bonds is 14. The predicted molar refractivity (Wildman–Crippen MR) is 179 cm³/mol. The lowest BCUT2D eigenvalue weighted by Crippen LogP contribution is -2.68. The molecule has 0 spiro atoms. The fourth-order valence-corrected chi connectivity index (χ4v) is 7.29. The van der Waals surface area contributed by atoms with Gasteiger partial charge in [-0.05, 0) is 0 Å². The minimum atomic E-state index is -2.15. The van der Waals surface area contributed by atoms with E-state index in [0.717, 1.165) is 6.92 Å². The third-order valence-electron chi connectivity index (χ3n) is 10.7. The van der Waals surface area contributed by atoms with Gasteiger partial charge in [0.2, 0.25) is 5.91 Å². The molecule has 5 saturated heterocycles. The average molecular weight is 884 g/mol. The summed E-state index contributed by atoms with van der Waals surface area (Å²) in [7, 11) is 0. The van der Waals surface area contributed by atoms with Crippen molar-refractivity contribution in [2.24, 2.45) is 0 Å². The molecule has 17 N–H and O–H groups in total. The molecule has 0 aliphatic carbocycles. The summed E-state index contributed by atoms with van der Waals surface area (Å²) >= 11 is 0. The van der Waals surface area contributed by atoms with Crippen molar-refractivity contribution in [3.63, 3.8) is 0 Å². The van der Waals surface area contributed by atoms with E-state index >= 15 is 0 Å². The van der Waals surface area contributed by atoms with Crippen LogP contribution in [0.4, 0.5) is 0 Å². The highest BCUT2D eigenvalue weighted by molar-refractivity contribution is 5.73. The van der Waals surface area contributed by atoms with Crippen molar-refractivity contribution >= 4 is 11.9 Å². The van der Waals surface area contributed by atoms with E-state index in [0.29, 0.717) is 0 Å². The van der Waals surface area contributed by atoms with Crippen molar-refractivity contribution in [1.82, 2.24) is 5.32 Å². The molecule has 25 atom stereocenters. The highest BCUT2D eigenvalue weighted by atomic mass is 16.8. The first kappa shape index (κ1) is 49.0. The van der Waals surface area contributed by atoms with E-state index in [2.05, 4.69) is 5.32 Å². The van der Waals surface area contributed by atoms with Gasteiger partial charge in [-0.3, -0.25) is 4.79 Å². The van der Waals surface area contributed by atoms with Gasteiger partial charge in [0.25, 0.3) is 0 Å². The first-order valence-corrected chi connectivity index (χ1v) is 18.6. The topological polar surface area (TPSA) is 453 Å². The summed E-state index contributed by atoms with van der Waals surface area (Å²) in [5.74, 6) is -2.49. The van der Waals surface area contributed by atoms with Crippen LogP contribution < -0.4 is 5.32 Å². The van der Waals surface area contributed by atoms with Gasteiger partial charge in [0, 0.05) is 6.92 Å². The molecule has 5 aliphatic heterocycles. The molecule has 28 nitrogen and oxygen atoms in total. The smallest absolute Gasteiger partial charge is 0.335 e. The molecule has 5 rings (SSSR count). The van der Waals surface area contributed by atoms with E-state index in [4.69, 9.17) is 42.6 Å². The molecule has 348 valence electrons. The first-order chi connectivity index (χ1) is 28.2. The Morgan fingerprint density at radius 1 is 0.483 bits per heavy atom. The van der Waals surface area contributed by atoms with Gasteiger partial charge in [0.05, 0.1) is 26.4 Å². The van der Waals surface area contributed by atoms with Crippen LogP contribution in [0.1, 0.15) is 6.92 Å². The van der Waals surface area contributed by atoms with E-state index in [1.165, 1.54) is 0 Å². The fourth-order valence-electron chi connectivity index (χ4n) is 7.29. The number of carboxylic acid groups (broad SMARTS) is 1. The fraction of sp³-hybridized carbons (Fsp3) is 0.938. The van der Waals surface area contributed by atoms with Crippen molar-refractivity contribution in [2.75, 3.05) is 26.4 Å². The highest BCUT2D eigenvalue weighted by Crippen LogP contribution is 2.34. The number of ether oxygens (including phenoxy) is 9. The summed E-state index contributed by atoms with van der Waals surface area (Å²) < 4.78 is 49.3. The second-order valence-corrected chi connectivity index (χ2v) is 14.8. The Morgan fingerprint density at radius 3 is 1.53 bits per heavy atom. The molecule has 0 saturated carbocycles. The van der Waals surface area contributed by atoms with Crippen molar-refractivity contribution in [3.05, 3.63) is 0 Å². The SMILES string of the molecule is CC(=O)N[C@@H]1[C@@H](O[C@H]2O[C@H](CO)[C@@H](O)[C@H](O)[C@@H]2O[C@H]2O[C@H](CO[C@H]3O[C@H](CO)[C@H](O[C@@H]4O[C@H](C(=O)O)[C@@H](O)[C@H](O)[C@H]4O)[C@H](O)[C@H]3O)[C@@H](O)[C@H](O)[C@@H]2O)[C@@H](O)[C@@H](CO)O[C@H]1O. The normalized spacial score (nSPS) is 50.2. The molecule has 0 radical (unpaired) electrons. The van der Waals surface area contributed by atoms with E-state index in [1.54, 1.807) is 0 Å². The highest BCUT2D eigenvalue weighted by Gasteiger charge is 2.56. The lowest BCUT2D eigenvalue weighted by molar-refractivity contribution is -0.386. The number of aliphatic hydroxyl groups excluding tert-OH is 15. The molecular formula is C32H53NO27. The standard InChI is InChI=1S/C32H53NO27/c1-6(37)33-11-24(14(40)8(3-35)53-28(11)51)58-32-26(17(43)12(38)7(2-34)54-32)60-30-20(46)15(41)13(39)10(56-30)5-52-29-22(48)19(45)23(9(4-36)55-29)57-31-21(47)16(42)18(44)25(59-31)27(49)50/h7-26,28-32,34-36,38-48,51H,2-5H2,1H3,(H,33,37)(H,49,50)/t7-,8-,9-,10-,11-,12-,13-,14+,15+,16+,17+,18+,19-,20+,21-,22-,23+,24-,25+,26+,28-,29+,30-,31-,32-/m1/s1. The lowest BCUT2D eigenvalue weighted by Gasteiger charge is -2.49. The summed E-state index contributed by atoms with van der Waals surface area (Å²) in [4.78, 5) is 23.4. The summed E-state index contributed by atoms with van der Waals surface area (Å²) in [6.07, 6.45) is -46.4. The van der Waals surface area contributed by atoms with Crippen LogP contribution in [0.15, 0.2) is 0 Å². The van der Waals surface area contributed by atoms with Crippen LogP contribution >= 0.6 is 0 Å². The second kappa shape index (κ2) is 20.7. The van der Waals surface area contributed by atoms with Crippen LogP contribution in [-0.2, 0) is 52.2 Å². The van der Waals surface area contributed by atoms with Crippen molar-refractivity contribution in [2.45, 2.75) is 160 Å². The molecule has 60 heavy (non-hydrogen) atoms. The van der Waals surface area contributed by atoms with Gasteiger partial charge in [0.15, 0.2) is 37.6 Å². The lowest BCUT2D eigenvalue weighted by atomic mass is 9.95. The third kappa shape index (κ3) is 10.2. The van der Waals surface area contributed by atoms with Crippen molar-refractivity contribution in [1.29, 1.82) is 0 Å². The Hall–Kier alpha value is -2.02. The number of hydrogen-bond acceptors (Lipinski definition) is 26. The quantitative estimate of drug-likeness (QED) is 0.0770. The number of carboxylic acids is 1. The summed E-state index contributed by atoms with van der Waals surface area (Å²) in [5, 5.41) is 169. The van der Waals surface area contributed by atoms with E-state index in [9.17, 15) is 91.3 Å². The Kier molecular flexibility index (Phi) is 16.9. The van der Waals surface area contributed by atoms with Crippen LogP contribution in [-0.4, -0.2) is 273 Å². The van der Waals surface area contributed by atoms with E-state index in [1.807, 2.05) is 0 Å². The monoisotopic (exact) mass is 883 g/mol. The molecule has 0 aromatic heterocycles. The average Bonchev–Trinajstić information content (AvgIpc) is 3.21. The molecular weight excluding hydrogens is 830 g/mol. The van der Waals surface area contributed by atoms with E-state index < -0.39 is 192 Å². The number of aliphatic carboxylic acids is 1. The van der Waals surface area contributed by atoms with Gasteiger partial charge in [-0.25, -0.2) is 4.79 Å². The Balaban J connectivity index is 1.29. The Bertz CT molecular complexity index is 1400. The van der Waals surface area contributed by atoms with Gasteiger partial charge in [-0.15, -0.1) is 0 Å². The molecule has 5 aliphatic rings. The summed E-state index contributed by atoms with van der Waals surface area (Å²) in [5.41, 5.74) is 0. The predicted octanol–water partition coefficient (Wildman–Crippen LogP) is -11.7. The maximum absolute atomic E-state index is 11.9. The van der Waals surface area contributed by atoms with Gasteiger partial charge in [-0.1, -0.05) is 0 Å². The van der Waals surface area contributed by atoms with Crippen molar-refractivity contribution < 1.29 is 134 Å². The second-order valence-electron chi connectivity index (χ2n) is 14.8. The summed E-state index contributed by atoms with van der Waals surface area (Å²) in [6, 6.07) is -1.56. The van der Waals surface area contributed by atoms with Gasteiger partial charge in [0.1, 0.15) is 116 Å². The molecule has 0 aromatic rings. The van der Waals surface area contributed by atoms with Crippen LogP contribution in [0.25, 0.3) is 0 Å². The zero-order chi connectivity index (χ0) is 44.5.